The number of aromatic nitrogens is 2. The van der Waals surface area contributed by atoms with Crippen molar-refractivity contribution in [3.8, 4) is 0 Å². The zero-order valence-electron chi connectivity index (χ0n) is 16.6. The molecule has 0 aliphatic carbocycles. The van der Waals surface area contributed by atoms with E-state index in [2.05, 4.69) is 39.7 Å². The Morgan fingerprint density at radius 2 is 1.64 bits per heavy atom. The standard InChI is InChI=1S/C23H26N4O/c1-4-5-8-18-11-13-19(14-12-18)26-22(28)20-9-6-7-10-21(20)27-23-24-16(2)15-17(3)25-23/h6-7,9-15H,4-5,8H2,1-3H3,(H,26,28)(H,24,25,27). The van der Waals surface area contributed by atoms with Gasteiger partial charge < -0.3 is 10.6 Å². The van der Waals surface area contributed by atoms with Crippen LogP contribution < -0.4 is 10.6 Å². The van der Waals surface area contributed by atoms with Gasteiger partial charge >= 0.3 is 0 Å². The SMILES string of the molecule is CCCCc1ccc(NC(=O)c2ccccc2Nc2nc(C)cc(C)n2)cc1. The van der Waals surface area contributed by atoms with E-state index in [1.54, 1.807) is 6.07 Å². The minimum atomic E-state index is -0.172. The van der Waals surface area contributed by atoms with Gasteiger partial charge in [-0.3, -0.25) is 4.79 Å². The molecular weight excluding hydrogens is 348 g/mol. The van der Waals surface area contributed by atoms with E-state index in [4.69, 9.17) is 0 Å². The number of carbonyl (C=O) groups excluding carboxylic acids is 1. The van der Waals surface area contributed by atoms with Crippen molar-refractivity contribution in [1.82, 2.24) is 9.97 Å². The maximum Gasteiger partial charge on any atom is 0.257 e. The van der Waals surface area contributed by atoms with Crippen molar-refractivity contribution in [2.75, 3.05) is 10.6 Å². The molecule has 0 unspecified atom stereocenters. The molecule has 5 nitrogen and oxygen atoms in total. The number of amides is 1. The number of hydrogen-bond donors (Lipinski definition) is 2. The predicted octanol–water partition coefficient (Wildman–Crippen LogP) is 5.43. The summed E-state index contributed by atoms with van der Waals surface area (Å²) in [5.74, 6) is 0.312. The minimum Gasteiger partial charge on any atom is -0.323 e. The van der Waals surface area contributed by atoms with Crippen molar-refractivity contribution >= 4 is 23.2 Å². The van der Waals surface area contributed by atoms with E-state index in [0.717, 1.165) is 23.5 Å². The van der Waals surface area contributed by atoms with Gasteiger partial charge in [0.1, 0.15) is 0 Å². The Kier molecular flexibility index (Phi) is 6.37. The molecule has 0 radical (unpaired) electrons. The Morgan fingerprint density at radius 1 is 0.964 bits per heavy atom. The Balaban J connectivity index is 1.75. The molecule has 3 aromatic rings. The molecule has 1 aromatic heterocycles. The summed E-state index contributed by atoms with van der Waals surface area (Å²) >= 11 is 0. The molecule has 3 rings (SSSR count). The van der Waals surface area contributed by atoms with Crippen LogP contribution in [0, 0.1) is 13.8 Å². The summed E-state index contributed by atoms with van der Waals surface area (Å²) in [7, 11) is 0. The summed E-state index contributed by atoms with van der Waals surface area (Å²) in [5, 5.41) is 6.14. The third kappa shape index (κ3) is 5.16. The fraction of sp³-hybridized carbons (Fsp3) is 0.261. The Hall–Kier alpha value is -3.21. The highest BCUT2D eigenvalue weighted by atomic mass is 16.1. The summed E-state index contributed by atoms with van der Waals surface area (Å²) in [6, 6.07) is 17.3. The van der Waals surface area contributed by atoms with Crippen molar-refractivity contribution in [2.45, 2.75) is 40.0 Å². The number of nitrogens with zero attached hydrogens (tertiary/aromatic N) is 2. The molecule has 0 aliphatic rings. The molecule has 5 heteroatoms. The number of benzene rings is 2. The number of rotatable bonds is 7. The van der Waals surface area contributed by atoms with Gasteiger partial charge in [0.25, 0.3) is 5.91 Å². The van der Waals surface area contributed by atoms with Crippen molar-refractivity contribution in [1.29, 1.82) is 0 Å². The lowest BCUT2D eigenvalue weighted by atomic mass is 10.1. The number of nitrogens with one attached hydrogen (secondary N) is 2. The molecule has 144 valence electrons. The van der Waals surface area contributed by atoms with Crippen LogP contribution in [0.2, 0.25) is 0 Å². The molecule has 2 N–H and O–H groups in total. The maximum absolute atomic E-state index is 12.8. The second kappa shape index (κ2) is 9.13. The van der Waals surface area contributed by atoms with Gasteiger partial charge in [-0.1, -0.05) is 37.6 Å². The molecular formula is C23H26N4O. The minimum absolute atomic E-state index is 0.172. The number of aryl methyl sites for hydroxylation is 3. The number of unbranched alkanes of at least 4 members (excludes halogenated alkanes) is 1. The van der Waals surface area contributed by atoms with Gasteiger partial charge in [-0.05, 0) is 62.6 Å². The van der Waals surface area contributed by atoms with Crippen LogP contribution in [0.15, 0.2) is 54.6 Å². The first-order valence-electron chi connectivity index (χ1n) is 9.64. The average Bonchev–Trinajstić information content (AvgIpc) is 2.67. The fourth-order valence-electron chi connectivity index (χ4n) is 3.03. The molecule has 28 heavy (non-hydrogen) atoms. The van der Waals surface area contributed by atoms with E-state index in [1.807, 2.05) is 50.2 Å². The highest BCUT2D eigenvalue weighted by molar-refractivity contribution is 6.08. The van der Waals surface area contributed by atoms with Crippen molar-refractivity contribution < 1.29 is 4.79 Å². The summed E-state index contributed by atoms with van der Waals surface area (Å²) in [4.78, 5) is 21.6. The molecule has 0 atom stereocenters. The van der Waals surface area contributed by atoms with Crippen LogP contribution in [-0.4, -0.2) is 15.9 Å². The van der Waals surface area contributed by atoms with Crippen LogP contribution in [0.5, 0.6) is 0 Å². The lowest BCUT2D eigenvalue weighted by Gasteiger charge is -2.12. The van der Waals surface area contributed by atoms with Crippen LogP contribution >= 0.6 is 0 Å². The van der Waals surface area contributed by atoms with E-state index in [9.17, 15) is 4.79 Å². The topological polar surface area (TPSA) is 66.9 Å². The number of anilines is 3. The first-order valence-corrected chi connectivity index (χ1v) is 9.64. The molecule has 1 amide bonds. The van der Waals surface area contributed by atoms with Crippen LogP contribution in [0.3, 0.4) is 0 Å². The zero-order valence-corrected chi connectivity index (χ0v) is 16.6. The van der Waals surface area contributed by atoms with Gasteiger partial charge in [0.2, 0.25) is 5.95 Å². The second-order valence-electron chi connectivity index (χ2n) is 6.90. The van der Waals surface area contributed by atoms with Crippen LogP contribution in [-0.2, 0) is 6.42 Å². The zero-order chi connectivity index (χ0) is 19.9. The lowest BCUT2D eigenvalue weighted by molar-refractivity contribution is 0.102. The van der Waals surface area contributed by atoms with Crippen LogP contribution in [0.25, 0.3) is 0 Å². The first-order chi connectivity index (χ1) is 13.5. The third-order valence-corrected chi connectivity index (χ3v) is 4.43. The summed E-state index contributed by atoms with van der Waals surface area (Å²) in [6.07, 6.45) is 3.41. The second-order valence-corrected chi connectivity index (χ2v) is 6.90. The molecule has 0 aliphatic heterocycles. The van der Waals surface area contributed by atoms with E-state index < -0.39 is 0 Å². The largest absolute Gasteiger partial charge is 0.323 e. The molecule has 2 aromatic carbocycles. The van der Waals surface area contributed by atoms with E-state index >= 15 is 0 Å². The molecule has 0 fully saturated rings. The monoisotopic (exact) mass is 374 g/mol. The lowest BCUT2D eigenvalue weighted by Crippen LogP contribution is -2.14. The van der Waals surface area contributed by atoms with Gasteiger partial charge in [-0.2, -0.15) is 0 Å². The van der Waals surface area contributed by atoms with Crippen molar-refractivity contribution in [3.63, 3.8) is 0 Å². The van der Waals surface area contributed by atoms with Crippen LogP contribution in [0.1, 0.15) is 47.1 Å². The third-order valence-electron chi connectivity index (χ3n) is 4.43. The quantitative estimate of drug-likeness (QED) is 0.578. The Morgan fingerprint density at radius 3 is 2.32 bits per heavy atom. The van der Waals surface area contributed by atoms with Crippen molar-refractivity contribution in [2.24, 2.45) is 0 Å². The highest BCUT2D eigenvalue weighted by Gasteiger charge is 2.12. The fourth-order valence-corrected chi connectivity index (χ4v) is 3.03. The highest BCUT2D eigenvalue weighted by Crippen LogP contribution is 2.21. The smallest absolute Gasteiger partial charge is 0.257 e. The van der Waals surface area contributed by atoms with E-state index in [-0.39, 0.29) is 5.91 Å². The molecule has 0 bridgehead atoms. The normalized spacial score (nSPS) is 10.5. The van der Waals surface area contributed by atoms with Gasteiger partial charge in [0, 0.05) is 17.1 Å². The Bertz CT molecular complexity index is 931. The van der Waals surface area contributed by atoms with E-state index in [0.29, 0.717) is 17.2 Å². The van der Waals surface area contributed by atoms with Gasteiger partial charge in [0.05, 0.1) is 11.3 Å². The van der Waals surface area contributed by atoms with Gasteiger partial charge in [0.15, 0.2) is 0 Å². The van der Waals surface area contributed by atoms with Crippen LogP contribution in [0.4, 0.5) is 17.3 Å². The predicted molar refractivity (Wildman–Crippen MR) is 114 cm³/mol. The maximum atomic E-state index is 12.8. The number of hydrogen-bond acceptors (Lipinski definition) is 4. The van der Waals surface area contributed by atoms with E-state index in [1.165, 1.54) is 18.4 Å². The molecule has 0 saturated carbocycles. The van der Waals surface area contributed by atoms with Gasteiger partial charge in [-0.15, -0.1) is 0 Å². The average molecular weight is 374 g/mol. The molecule has 0 saturated heterocycles. The number of carbonyl (C=O) groups is 1. The first kappa shape index (κ1) is 19.5. The summed E-state index contributed by atoms with van der Waals surface area (Å²) in [5.41, 5.74) is 5.03. The van der Waals surface area contributed by atoms with Crippen molar-refractivity contribution in [3.05, 3.63) is 77.1 Å². The molecule has 1 heterocycles. The number of para-hydroxylation sites is 1. The Labute approximate surface area is 166 Å². The van der Waals surface area contributed by atoms with Gasteiger partial charge in [-0.25, -0.2) is 9.97 Å². The summed E-state index contributed by atoms with van der Waals surface area (Å²) < 4.78 is 0. The summed E-state index contributed by atoms with van der Waals surface area (Å²) in [6.45, 7) is 6.02. The molecule has 0 spiro atoms.